The van der Waals surface area contributed by atoms with Gasteiger partial charge in [-0.25, -0.2) is 4.98 Å². The van der Waals surface area contributed by atoms with Crippen LogP contribution in [0.4, 0.5) is 0 Å². The summed E-state index contributed by atoms with van der Waals surface area (Å²) >= 11 is 3.64. The maximum atomic E-state index is 4.66. The first-order valence-electron chi connectivity index (χ1n) is 6.04. The molecule has 0 saturated heterocycles. The van der Waals surface area contributed by atoms with Gasteiger partial charge in [-0.2, -0.15) is 0 Å². The highest BCUT2D eigenvalue weighted by Crippen LogP contribution is 2.28. The molecule has 17 heavy (non-hydrogen) atoms. The van der Waals surface area contributed by atoms with Crippen LogP contribution in [0, 0.1) is 0 Å². The summed E-state index contributed by atoms with van der Waals surface area (Å²) in [6.45, 7) is 2.24. The van der Waals surface area contributed by atoms with Crippen molar-refractivity contribution in [3.8, 4) is 11.3 Å². The predicted molar refractivity (Wildman–Crippen MR) is 77.8 cm³/mol. The third kappa shape index (κ3) is 3.86. The second-order valence-electron chi connectivity index (χ2n) is 3.92. The molecule has 2 aromatic rings. The summed E-state index contributed by atoms with van der Waals surface area (Å²) in [7, 11) is 0. The fourth-order valence-corrected chi connectivity index (χ4v) is 3.48. The highest BCUT2D eigenvalue weighted by Gasteiger charge is 2.04. The summed E-state index contributed by atoms with van der Waals surface area (Å²) in [5.41, 5.74) is 2.32. The van der Waals surface area contributed by atoms with Crippen molar-refractivity contribution >= 4 is 23.1 Å². The highest BCUT2D eigenvalue weighted by atomic mass is 32.2. The van der Waals surface area contributed by atoms with Gasteiger partial charge in [-0.1, -0.05) is 61.9 Å². The average molecular weight is 263 g/mol. The van der Waals surface area contributed by atoms with E-state index in [1.165, 1.54) is 34.9 Å². The lowest BCUT2D eigenvalue weighted by Gasteiger charge is -1.96. The fraction of sp³-hybridized carbons (Fsp3) is 0.357. The monoisotopic (exact) mass is 263 g/mol. The molecule has 0 radical (unpaired) electrons. The minimum absolute atomic E-state index is 1.11. The van der Waals surface area contributed by atoms with Crippen LogP contribution in [0.1, 0.15) is 26.2 Å². The summed E-state index contributed by atoms with van der Waals surface area (Å²) < 4.78 is 1.19. The summed E-state index contributed by atoms with van der Waals surface area (Å²) in [4.78, 5) is 4.66. The molecule has 3 heteroatoms. The van der Waals surface area contributed by atoms with Gasteiger partial charge in [0.05, 0.1) is 5.69 Å². The van der Waals surface area contributed by atoms with Gasteiger partial charge in [0.25, 0.3) is 0 Å². The molecule has 1 nitrogen and oxygen atoms in total. The SMILES string of the molecule is CCCCCSc1nc(-c2ccccc2)cs1. The number of benzene rings is 1. The van der Waals surface area contributed by atoms with E-state index in [4.69, 9.17) is 0 Å². The second kappa shape index (κ2) is 6.82. The predicted octanol–water partition coefficient (Wildman–Crippen LogP) is 5.09. The smallest absolute Gasteiger partial charge is 0.150 e. The van der Waals surface area contributed by atoms with Crippen LogP contribution in [0.15, 0.2) is 40.1 Å². The molecule has 0 aliphatic rings. The molecule has 0 atom stereocenters. The number of unbranched alkanes of at least 4 members (excludes halogenated alkanes) is 2. The highest BCUT2D eigenvalue weighted by molar-refractivity contribution is 8.01. The molecule has 0 spiro atoms. The molecular weight excluding hydrogens is 246 g/mol. The van der Waals surface area contributed by atoms with E-state index < -0.39 is 0 Å². The Morgan fingerprint density at radius 3 is 2.76 bits per heavy atom. The van der Waals surface area contributed by atoms with Crippen LogP contribution in [-0.2, 0) is 0 Å². The summed E-state index contributed by atoms with van der Waals surface area (Å²) in [6, 6.07) is 10.4. The summed E-state index contributed by atoms with van der Waals surface area (Å²) in [5.74, 6) is 1.19. The molecule has 0 fully saturated rings. The van der Waals surface area contributed by atoms with Gasteiger partial charge in [-0.05, 0) is 6.42 Å². The van der Waals surface area contributed by atoms with Crippen molar-refractivity contribution in [1.82, 2.24) is 4.98 Å². The third-order valence-corrected chi connectivity index (χ3v) is 4.63. The van der Waals surface area contributed by atoms with E-state index >= 15 is 0 Å². The second-order valence-corrected chi connectivity index (χ2v) is 6.12. The first kappa shape index (κ1) is 12.7. The van der Waals surface area contributed by atoms with Gasteiger partial charge in [0, 0.05) is 16.7 Å². The zero-order valence-electron chi connectivity index (χ0n) is 10.1. The number of rotatable bonds is 6. The Labute approximate surface area is 111 Å². The Morgan fingerprint density at radius 1 is 1.18 bits per heavy atom. The van der Waals surface area contributed by atoms with Gasteiger partial charge in [0.1, 0.15) is 0 Å². The standard InChI is InChI=1S/C14H17NS2/c1-2-3-7-10-16-14-15-13(11-17-14)12-8-5-4-6-9-12/h4-6,8-9,11H,2-3,7,10H2,1H3. The van der Waals surface area contributed by atoms with Gasteiger partial charge >= 0.3 is 0 Å². The van der Waals surface area contributed by atoms with E-state index in [2.05, 4.69) is 41.6 Å². The van der Waals surface area contributed by atoms with Gasteiger partial charge in [-0.3, -0.25) is 0 Å². The van der Waals surface area contributed by atoms with Crippen LogP contribution in [0.2, 0.25) is 0 Å². The van der Waals surface area contributed by atoms with Gasteiger partial charge < -0.3 is 0 Å². The fourth-order valence-electron chi connectivity index (χ4n) is 1.58. The van der Waals surface area contributed by atoms with E-state index in [1.54, 1.807) is 11.3 Å². The van der Waals surface area contributed by atoms with E-state index in [9.17, 15) is 0 Å². The molecule has 2 rings (SSSR count). The molecule has 0 N–H and O–H groups in total. The lowest BCUT2D eigenvalue weighted by molar-refractivity contribution is 0.778. The minimum Gasteiger partial charge on any atom is -0.230 e. The largest absolute Gasteiger partial charge is 0.230 e. The van der Waals surface area contributed by atoms with Crippen molar-refractivity contribution in [3.05, 3.63) is 35.7 Å². The quantitative estimate of drug-likeness (QED) is 0.531. The van der Waals surface area contributed by atoms with Crippen molar-refractivity contribution in [2.75, 3.05) is 5.75 Å². The molecule has 90 valence electrons. The van der Waals surface area contributed by atoms with Crippen LogP contribution >= 0.6 is 23.1 Å². The maximum absolute atomic E-state index is 4.66. The van der Waals surface area contributed by atoms with Crippen LogP contribution < -0.4 is 0 Å². The molecule has 0 saturated carbocycles. The van der Waals surface area contributed by atoms with Gasteiger partial charge in [0.15, 0.2) is 4.34 Å². The van der Waals surface area contributed by atoms with Crippen molar-refractivity contribution in [1.29, 1.82) is 0 Å². The first-order valence-corrected chi connectivity index (χ1v) is 7.90. The normalized spacial score (nSPS) is 10.6. The van der Waals surface area contributed by atoms with Crippen molar-refractivity contribution in [3.63, 3.8) is 0 Å². The van der Waals surface area contributed by atoms with Gasteiger partial charge in [-0.15, -0.1) is 11.3 Å². The summed E-state index contributed by atoms with van der Waals surface area (Å²) in [6.07, 6.45) is 3.90. The number of aromatic nitrogens is 1. The molecule has 0 unspecified atom stereocenters. The topological polar surface area (TPSA) is 12.9 Å². The van der Waals surface area contributed by atoms with Crippen LogP contribution in [-0.4, -0.2) is 10.7 Å². The molecular formula is C14H17NS2. The van der Waals surface area contributed by atoms with Crippen molar-refractivity contribution in [2.45, 2.75) is 30.5 Å². The first-order chi connectivity index (χ1) is 8.40. The van der Waals surface area contributed by atoms with Crippen LogP contribution in [0.25, 0.3) is 11.3 Å². The number of hydrogen-bond donors (Lipinski definition) is 0. The van der Waals surface area contributed by atoms with Crippen LogP contribution in [0.3, 0.4) is 0 Å². The van der Waals surface area contributed by atoms with E-state index in [0.717, 1.165) is 5.69 Å². The zero-order valence-corrected chi connectivity index (χ0v) is 11.7. The molecule has 1 aromatic heterocycles. The van der Waals surface area contributed by atoms with Gasteiger partial charge in [0.2, 0.25) is 0 Å². The molecule has 1 aromatic carbocycles. The maximum Gasteiger partial charge on any atom is 0.150 e. The molecule has 0 amide bonds. The Bertz CT molecular complexity index is 436. The molecule has 0 bridgehead atoms. The summed E-state index contributed by atoms with van der Waals surface area (Å²) in [5, 5.41) is 2.15. The van der Waals surface area contributed by atoms with E-state index in [-0.39, 0.29) is 0 Å². The third-order valence-electron chi connectivity index (χ3n) is 2.53. The Hall–Kier alpha value is -0.800. The molecule has 0 aliphatic carbocycles. The van der Waals surface area contributed by atoms with E-state index in [1.807, 2.05) is 17.8 Å². The average Bonchev–Trinajstić information content (AvgIpc) is 2.85. The Morgan fingerprint density at radius 2 is 2.00 bits per heavy atom. The molecule has 0 aliphatic heterocycles. The lowest BCUT2D eigenvalue weighted by Crippen LogP contribution is -1.80. The van der Waals surface area contributed by atoms with Crippen molar-refractivity contribution in [2.24, 2.45) is 0 Å². The number of nitrogens with zero attached hydrogens (tertiary/aromatic N) is 1. The Balaban J connectivity index is 1.92. The minimum atomic E-state index is 1.11. The van der Waals surface area contributed by atoms with Crippen molar-refractivity contribution < 1.29 is 0 Å². The zero-order chi connectivity index (χ0) is 11.9. The molecule has 1 heterocycles. The van der Waals surface area contributed by atoms with Crippen LogP contribution in [0.5, 0.6) is 0 Å². The lowest BCUT2D eigenvalue weighted by atomic mass is 10.2. The number of thiazole rings is 1. The Kier molecular flexibility index (Phi) is 5.08. The number of hydrogen-bond acceptors (Lipinski definition) is 3. The van der Waals surface area contributed by atoms with E-state index in [0.29, 0.717) is 0 Å². The number of thioether (sulfide) groups is 1.